The zero-order valence-corrected chi connectivity index (χ0v) is 15.7. The topological polar surface area (TPSA) is 58.1 Å². The molecule has 124 valence electrons. The zero-order valence-electron chi connectivity index (χ0n) is 13.4. The maximum Gasteiger partial charge on any atom is 0.191 e. The maximum absolute atomic E-state index is 5.77. The summed E-state index contributed by atoms with van der Waals surface area (Å²) in [6.07, 6.45) is 2.48. The minimum Gasteiger partial charge on any atom is -0.374 e. The molecule has 0 spiro atoms. The Labute approximate surface area is 145 Å². The standard InChI is InChI=1S/C14H28N4O2.HI/c1-14(5-4-7-20-14)11-17-13(15-2)16-9-12-10-18(3)6-8-19-12;/h12H,4-11H2,1-3H3,(H2,15,16,17);1H. The average molecular weight is 412 g/mol. The van der Waals surface area contributed by atoms with Crippen LogP contribution in [0, 0.1) is 0 Å². The number of guanidine groups is 1. The summed E-state index contributed by atoms with van der Waals surface area (Å²) in [6, 6.07) is 0. The number of likely N-dealkylation sites (N-methyl/N-ethyl adjacent to an activating group) is 1. The van der Waals surface area contributed by atoms with Gasteiger partial charge in [-0.15, -0.1) is 24.0 Å². The summed E-state index contributed by atoms with van der Waals surface area (Å²) in [4.78, 5) is 6.54. The van der Waals surface area contributed by atoms with Crippen LogP contribution in [0.4, 0.5) is 0 Å². The molecule has 2 fully saturated rings. The van der Waals surface area contributed by atoms with E-state index < -0.39 is 0 Å². The number of aliphatic imine (C=N–C) groups is 1. The number of nitrogens with one attached hydrogen (secondary N) is 2. The molecule has 2 aliphatic heterocycles. The fourth-order valence-corrected chi connectivity index (χ4v) is 2.67. The Morgan fingerprint density at radius 1 is 1.38 bits per heavy atom. The largest absolute Gasteiger partial charge is 0.374 e. The van der Waals surface area contributed by atoms with Crippen LogP contribution in [0.2, 0.25) is 0 Å². The molecule has 2 saturated heterocycles. The summed E-state index contributed by atoms with van der Waals surface area (Å²) in [5, 5.41) is 6.68. The molecule has 2 unspecified atom stereocenters. The quantitative estimate of drug-likeness (QED) is 0.404. The summed E-state index contributed by atoms with van der Waals surface area (Å²) in [6.45, 7) is 7.37. The first-order valence-electron chi connectivity index (χ1n) is 7.50. The predicted octanol–water partition coefficient (Wildman–Crippen LogP) is 0.669. The van der Waals surface area contributed by atoms with E-state index in [9.17, 15) is 0 Å². The SMILES string of the molecule is CN=C(NCC1CN(C)CCO1)NCC1(C)CCCO1.I. The first-order chi connectivity index (χ1) is 9.61. The molecular formula is C14H29IN4O2. The number of ether oxygens (including phenoxy) is 2. The monoisotopic (exact) mass is 412 g/mol. The second-order valence-corrected chi connectivity index (χ2v) is 5.96. The Morgan fingerprint density at radius 2 is 2.19 bits per heavy atom. The van der Waals surface area contributed by atoms with E-state index >= 15 is 0 Å². The summed E-state index contributed by atoms with van der Waals surface area (Å²) >= 11 is 0. The fraction of sp³-hybridized carbons (Fsp3) is 0.929. The van der Waals surface area contributed by atoms with Gasteiger partial charge in [0.1, 0.15) is 0 Å². The zero-order chi connectivity index (χ0) is 14.4. The highest BCUT2D eigenvalue weighted by Gasteiger charge is 2.29. The molecular weight excluding hydrogens is 383 g/mol. The number of hydrogen-bond acceptors (Lipinski definition) is 4. The number of nitrogens with zero attached hydrogens (tertiary/aromatic N) is 2. The highest BCUT2D eigenvalue weighted by atomic mass is 127. The molecule has 6 nitrogen and oxygen atoms in total. The molecule has 0 radical (unpaired) electrons. The van der Waals surface area contributed by atoms with Crippen molar-refractivity contribution in [2.45, 2.75) is 31.5 Å². The number of morpholine rings is 1. The van der Waals surface area contributed by atoms with Crippen molar-refractivity contribution in [1.82, 2.24) is 15.5 Å². The van der Waals surface area contributed by atoms with Crippen molar-refractivity contribution in [3.63, 3.8) is 0 Å². The van der Waals surface area contributed by atoms with E-state index in [1.165, 1.54) is 0 Å². The van der Waals surface area contributed by atoms with Crippen LogP contribution in [0.3, 0.4) is 0 Å². The van der Waals surface area contributed by atoms with Crippen molar-refractivity contribution in [3.05, 3.63) is 0 Å². The van der Waals surface area contributed by atoms with Gasteiger partial charge in [-0.3, -0.25) is 4.99 Å². The summed E-state index contributed by atoms with van der Waals surface area (Å²) in [5.74, 6) is 0.818. The van der Waals surface area contributed by atoms with Gasteiger partial charge in [-0.05, 0) is 26.8 Å². The molecule has 0 aliphatic carbocycles. The normalized spacial score (nSPS) is 30.8. The van der Waals surface area contributed by atoms with Crippen molar-refractivity contribution < 1.29 is 9.47 Å². The highest BCUT2D eigenvalue weighted by molar-refractivity contribution is 14.0. The lowest BCUT2D eigenvalue weighted by Gasteiger charge is -2.31. The Bertz CT molecular complexity index is 335. The Balaban J connectivity index is 0.00000220. The van der Waals surface area contributed by atoms with Gasteiger partial charge in [0.25, 0.3) is 0 Å². The van der Waals surface area contributed by atoms with Gasteiger partial charge < -0.3 is 25.0 Å². The van der Waals surface area contributed by atoms with E-state index in [4.69, 9.17) is 9.47 Å². The predicted molar refractivity (Wildman–Crippen MR) is 95.6 cm³/mol. The molecule has 2 N–H and O–H groups in total. The van der Waals surface area contributed by atoms with E-state index in [-0.39, 0.29) is 35.7 Å². The third kappa shape index (κ3) is 6.25. The number of hydrogen-bond donors (Lipinski definition) is 2. The molecule has 2 aliphatic rings. The summed E-state index contributed by atoms with van der Waals surface area (Å²) in [5.41, 5.74) is -0.0564. The molecule has 21 heavy (non-hydrogen) atoms. The molecule has 0 saturated carbocycles. The van der Waals surface area contributed by atoms with E-state index in [0.717, 1.165) is 58.2 Å². The lowest BCUT2D eigenvalue weighted by molar-refractivity contribution is -0.0162. The van der Waals surface area contributed by atoms with Gasteiger partial charge in [-0.25, -0.2) is 0 Å². The van der Waals surface area contributed by atoms with Crippen LogP contribution in [0.25, 0.3) is 0 Å². The van der Waals surface area contributed by atoms with Gasteiger partial charge in [0, 0.05) is 39.8 Å². The lowest BCUT2D eigenvalue weighted by Crippen LogP contribution is -2.50. The second kappa shape index (κ2) is 9.12. The van der Waals surface area contributed by atoms with Crippen LogP contribution < -0.4 is 10.6 Å². The fourth-order valence-electron chi connectivity index (χ4n) is 2.67. The maximum atomic E-state index is 5.77. The van der Waals surface area contributed by atoms with Gasteiger partial charge in [0.2, 0.25) is 0 Å². The minimum absolute atomic E-state index is 0. The molecule has 0 amide bonds. The minimum atomic E-state index is -0.0564. The van der Waals surface area contributed by atoms with Gasteiger partial charge >= 0.3 is 0 Å². The van der Waals surface area contributed by atoms with Gasteiger partial charge in [0.15, 0.2) is 5.96 Å². The summed E-state index contributed by atoms with van der Waals surface area (Å²) < 4.78 is 11.5. The van der Waals surface area contributed by atoms with Gasteiger partial charge in [-0.2, -0.15) is 0 Å². The summed E-state index contributed by atoms with van der Waals surface area (Å²) in [7, 11) is 3.92. The van der Waals surface area contributed by atoms with E-state index in [0.29, 0.717) is 0 Å². The molecule has 2 atom stereocenters. The Kier molecular flexibility index (Phi) is 8.22. The van der Waals surface area contributed by atoms with Crippen LogP contribution in [0.1, 0.15) is 19.8 Å². The molecule has 7 heteroatoms. The molecule has 0 aromatic rings. The van der Waals surface area contributed by atoms with Crippen molar-refractivity contribution in [2.75, 3.05) is 53.5 Å². The first-order valence-corrected chi connectivity index (χ1v) is 7.50. The molecule has 0 bridgehead atoms. The van der Waals surface area contributed by atoms with Gasteiger partial charge in [0.05, 0.1) is 18.3 Å². The number of halogens is 1. The average Bonchev–Trinajstić information content (AvgIpc) is 2.86. The number of rotatable bonds is 4. The van der Waals surface area contributed by atoms with Crippen LogP contribution in [0.15, 0.2) is 4.99 Å². The van der Waals surface area contributed by atoms with Crippen molar-refractivity contribution >= 4 is 29.9 Å². The van der Waals surface area contributed by atoms with Crippen molar-refractivity contribution in [3.8, 4) is 0 Å². The third-order valence-corrected chi connectivity index (χ3v) is 3.99. The van der Waals surface area contributed by atoms with Crippen LogP contribution in [0.5, 0.6) is 0 Å². The molecule has 0 aromatic heterocycles. The third-order valence-electron chi connectivity index (χ3n) is 3.99. The first kappa shape index (κ1) is 18.9. The molecule has 0 aromatic carbocycles. The van der Waals surface area contributed by atoms with Gasteiger partial charge in [-0.1, -0.05) is 0 Å². The van der Waals surface area contributed by atoms with Crippen molar-refractivity contribution in [1.29, 1.82) is 0 Å². The highest BCUT2D eigenvalue weighted by Crippen LogP contribution is 2.23. The van der Waals surface area contributed by atoms with Crippen LogP contribution in [-0.2, 0) is 9.47 Å². The Morgan fingerprint density at radius 3 is 2.81 bits per heavy atom. The van der Waals surface area contributed by atoms with Crippen LogP contribution in [-0.4, -0.2) is 76.1 Å². The second-order valence-electron chi connectivity index (χ2n) is 5.96. The van der Waals surface area contributed by atoms with Crippen molar-refractivity contribution in [2.24, 2.45) is 4.99 Å². The lowest BCUT2D eigenvalue weighted by atomic mass is 10.0. The smallest absolute Gasteiger partial charge is 0.191 e. The molecule has 2 heterocycles. The van der Waals surface area contributed by atoms with Crippen LogP contribution >= 0.6 is 24.0 Å². The van der Waals surface area contributed by atoms with E-state index in [1.54, 1.807) is 7.05 Å². The van der Waals surface area contributed by atoms with E-state index in [2.05, 4.69) is 34.5 Å². The Hall–Kier alpha value is -0.120. The van der Waals surface area contributed by atoms with E-state index in [1.807, 2.05) is 0 Å². The molecule has 2 rings (SSSR count).